The van der Waals surface area contributed by atoms with Gasteiger partial charge in [-0.1, -0.05) is 76.5 Å². The van der Waals surface area contributed by atoms with Gasteiger partial charge in [0.1, 0.15) is 0 Å². The van der Waals surface area contributed by atoms with Crippen LogP contribution in [0.4, 0.5) is 5.13 Å². The number of allylic oxidation sites excluding steroid dienone is 2. The van der Waals surface area contributed by atoms with Crippen molar-refractivity contribution in [1.29, 1.82) is 0 Å². The first-order valence-electron chi connectivity index (χ1n) is 16.2. The summed E-state index contributed by atoms with van der Waals surface area (Å²) >= 11 is 1.36. The summed E-state index contributed by atoms with van der Waals surface area (Å²) in [5, 5.41) is 7.88. The van der Waals surface area contributed by atoms with Crippen LogP contribution in [-0.4, -0.2) is 40.1 Å². The van der Waals surface area contributed by atoms with Gasteiger partial charge >= 0.3 is 0 Å². The minimum Gasteiger partial charge on any atom is -0.376 e. The number of carbonyl (C=O) groups excluding carboxylic acids is 2. The van der Waals surface area contributed by atoms with Crippen LogP contribution in [0.25, 0.3) is 11.3 Å². The summed E-state index contributed by atoms with van der Waals surface area (Å²) in [6.07, 6.45) is 17.1. The third kappa shape index (κ3) is 11.0. The number of anilines is 1. The average molecular weight is 621 g/mol. The zero-order valence-electron chi connectivity index (χ0n) is 27.7. The topological polar surface area (TPSA) is 85.2 Å². The lowest BCUT2D eigenvalue weighted by molar-refractivity contribution is -0.115. The largest absolute Gasteiger partial charge is 0.376 e. The Balaban J connectivity index is 0.000000375. The molecule has 1 aliphatic carbocycles. The molecule has 0 spiro atoms. The Morgan fingerprint density at radius 3 is 2.55 bits per heavy atom. The van der Waals surface area contributed by atoms with Gasteiger partial charge in [-0.2, -0.15) is 0 Å². The molecule has 44 heavy (non-hydrogen) atoms. The number of unbranched alkanes of at least 4 members (excludes halogenated alkanes) is 1. The number of hydrogen-bond donors (Lipinski definition) is 2. The molecule has 7 nitrogen and oxygen atoms in total. The quantitative estimate of drug-likeness (QED) is 0.166. The molecule has 4 rings (SSSR count). The van der Waals surface area contributed by atoms with E-state index in [-0.39, 0.29) is 23.9 Å². The van der Waals surface area contributed by atoms with Gasteiger partial charge in [-0.15, -0.1) is 11.3 Å². The van der Waals surface area contributed by atoms with Crippen molar-refractivity contribution in [2.24, 2.45) is 5.92 Å². The fraction of sp³-hybridized carbons (Fsp3) is 0.528. The van der Waals surface area contributed by atoms with Crippen molar-refractivity contribution in [3.8, 4) is 11.3 Å². The van der Waals surface area contributed by atoms with Crippen LogP contribution in [0.2, 0.25) is 0 Å². The standard InChI is InChI=1S/C25H28N4O2S.C11H24O/c1-3-4-5-10-25(11-12-25)29-13-9-20(16-29)23(31)26-15-22(30)28-24-27-21(17-32-24)19-8-6-7-18(2)14-19;1-6-9(3)8-11(5)12-10(4)7-2/h5-10,13-14,16-17H,3-4,11-12,15H2,1-2H3,(H,26,31)(H,27,28,30);9-11H,6-8H2,1-5H3. The molecule has 8 heteroatoms. The van der Waals surface area contributed by atoms with Gasteiger partial charge in [-0.3, -0.25) is 9.59 Å². The zero-order chi connectivity index (χ0) is 32.1. The molecule has 240 valence electrons. The maximum Gasteiger partial charge on any atom is 0.253 e. The normalized spacial score (nSPS) is 15.6. The summed E-state index contributed by atoms with van der Waals surface area (Å²) in [4.78, 5) is 29.3. The lowest BCUT2D eigenvalue weighted by Gasteiger charge is -2.20. The Hall–Kier alpha value is -3.23. The van der Waals surface area contributed by atoms with E-state index in [1.165, 1.54) is 24.2 Å². The van der Waals surface area contributed by atoms with Crippen LogP contribution in [0.5, 0.6) is 0 Å². The highest BCUT2D eigenvalue weighted by Gasteiger charge is 2.41. The van der Waals surface area contributed by atoms with Crippen LogP contribution in [0.3, 0.4) is 0 Å². The van der Waals surface area contributed by atoms with Crippen molar-refractivity contribution in [1.82, 2.24) is 14.9 Å². The molecule has 1 aromatic carbocycles. The van der Waals surface area contributed by atoms with Gasteiger partial charge < -0.3 is 19.9 Å². The smallest absolute Gasteiger partial charge is 0.253 e. The molecule has 0 bridgehead atoms. The van der Waals surface area contributed by atoms with E-state index < -0.39 is 0 Å². The summed E-state index contributed by atoms with van der Waals surface area (Å²) in [6.45, 7) is 15.1. The fourth-order valence-electron chi connectivity index (χ4n) is 4.89. The molecular weight excluding hydrogens is 568 g/mol. The first-order valence-corrected chi connectivity index (χ1v) is 17.1. The molecule has 2 N–H and O–H groups in total. The number of amides is 2. The molecule has 0 saturated heterocycles. The van der Waals surface area contributed by atoms with Gasteiger partial charge in [0.25, 0.3) is 5.91 Å². The number of hydrogen-bond acceptors (Lipinski definition) is 5. The van der Waals surface area contributed by atoms with Crippen LogP contribution in [0, 0.1) is 12.8 Å². The second kappa shape index (κ2) is 17.3. The summed E-state index contributed by atoms with van der Waals surface area (Å²) in [7, 11) is 0. The molecule has 2 aromatic heterocycles. The van der Waals surface area contributed by atoms with Gasteiger partial charge in [0.05, 0.1) is 35.5 Å². The maximum atomic E-state index is 12.5. The second-order valence-electron chi connectivity index (χ2n) is 12.2. The minimum absolute atomic E-state index is 0.0188. The van der Waals surface area contributed by atoms with Crippen LogP contribution in [-0.2, 0) is 15.1 Å². The molecule has 1 fully saturated rings. The maximum absolute atomic E-state index is 12.5. The van der Waals surface area contributed by atoms with Crippen molar-refractivity contribution < 1.29 is 14.3 Å². The predicted octanol–water partition coefficient (Wildman–Crippen LogP) is 8.76. The highest BCUT2D eigenvalue weighted by molar-refractivity contribution is 7.14. The Morgan fingerprint density at radius 2 is 1.89 bits per heavy atom. The lowest BCUT2D eigenvalue weighted by Crippen LogP contribution is -2.32. The molecule has 0 aliphatic heterocycles. The van der Waals surface area contributed by atoms with Crippen LogP contribution >= 0.6 is 11.3 Å². The lowest BCUT2D eigenvalue weighted by atomic mass is 10.0. The monoisotopic (exact) mass is 620 g/mol. The van der Waals surface area contributed by atoms with Crippen molar-refractivity contribution in [3.05, 3.63) is 71.4 Å². The molecule has 1 aliphatic rings. The van der Waals surface area contributed by atoms with Crippen LogP contribution in [0.1, 0.15) is 102 Å². The zero-order valence-corrected chi connectivity index (χ0v) is 28.5. The summed E-state index contributed by atoms with van der Waals surface area (Å²) in [5.74, 6) is 0.236. The van der Waals surface area contributed by atoms with E-state index in [4.69, 9.17) is 4.74 Å². The van der Waals surface area contributed by atoms with E-state index in [2.05, 4.69) is 79.9 Å². The first-order chi connectivity index (χ1) is 21.1. The summed E-state index contributed by atoms with van der Waals surface area (Å²) < 4.78 is 7.88. The Labute approximate surface area is 268 Å². The third-order valence-electron chi connectivity index (χ3n) is 8.06. The number of aromatic nitrogens is 2. The van der Waals surface area contributed by atoms with Gasteiger partial charge in [0.2, 0.25) is 5.91 Å². The summed E-state index contributed by atoms with van der Waals surface area (Å²) in [6, 6.07) is 9.86. The van der Waals surface area contributed by atoms with E-state index in [1.807, 2.05) is 42.9 Å². The van der Waals surface area contributed by atoms with Gasteiger partial charge in [0, 0.05) is 23.3 Å². The van der Waals surface area contributed by atoms with Crippen LogP contribution in [0.15, 0.2) is 60.3 Å². The van der Waals surface area contributed by atoms with Crippen molar-refractivity contribution >= 4 is 28.3 Å². The van der Waals surface area contributed by atoms with E-state index >= 15 is 0 Å². The Kier molecular flexibility index (Phi) is 13.9. The number of nitrogens with one attached hydrogen (secondary N) is 2. The SMILES string of the molecule is CCC(C)CC(C)OC(C)CC.CCCC=CC1(n2ccc(C(=O)NCC(=O)Nc3nc(-c4cccc(C)c4)cs3)c2)CC1. The van der Waals surface area contributed by atoms with E-state index in [0.717, 1.165) is 54.8 Å². The number of carbonyl (C=O) groups is 2. The molecular formula is C36H52N4O3S. The van der Waals surface area contributed by atoms with Crippen molar-refractivity contribution in [2.75, 3.05) is 11.9 Å². The number of benzene rings is 1. The first kappa shape index (κ1) is 35.3. The minimum atomic E-state index is -0.302. The number of aryl methyl sites for hydroxylation is 1. The van der Waals surface area contributed by atoms with Gasteiger partial charge in [-0.05, 0) is 70.9 Å². The number of nitrogens with zero attached hydrogens (tertiary/aromatic N) is 2. The predicted molar refractivity (Wildman–Crippen MR) is 183 cm³/mol. The molecule has 2 heterocycles. The van der Waals surface area contributed by atoms with Crippen LogP contribution < -0.4 is 10.6 Å². The molecule has 3 aromatic rings. The highest BCUT2D eigenvalue weighted by atomic mass is 32.1. The van der Waals surface area contributed by atoms with Gasteiger partial charge in [-0.25, -0.2) is 4.98 Å². The summed E-state index contributed by atoms with van der Waals surface area (Å²) in [5.41, 5.74) is 3.57. The number of ether oxygens (including phenoxy) is 1. The molecule has 2 amide bonds. The Morgan fingerprint density at radius 1 is 1.11 bits per heavy atom. The molecule has 0 radical (unpaired) electrons. The number of thiazole rings is 1. The van der Waals surface area contributed by atoms with E-state index in [1.54, 1.807) is 6.07 Å². The molecule has 3 unspecified atom stereocenters. The molecule has 1 saturated carbocycles. The second-order valence-corrected chi connectivity index (χ2v) is 13.0. The molecule has 3 atom stereocenters. The van der Waals surface area contributed by atoms with E-state index in [9.17, 15) is 9.59 Å². The average Bonchev–Trinajstić information content (AvgIpc) is 3.38. The van der Waals surface area contributed by atoms with Crippen molar-refractivity contribution in [3.63, 3.8) is 0 Å². The van der Waals surface area contributed by atoms with E-state index in [0.29, 0.717) is 22.9 Å². The fourth-order valence-corrected chi connectivity index (χ4v) is 5.63. The number of rotatable bonds is 15. The van der Waals surface area contributed by atoms with Crippen molar-refractivity contribution in [2.45, 2.75) is 111 Å². The van der Waals surface area contributed by atoms with Gasteiger partial charge in [0.15, 0.2) is 5.13 Å². The Bertz CT molecular complexity index is 1340. The highest BCUT2D eigenvalue weighted by Crippen LogP contribution is 2.45. The third-order valence-corrected chi connectivity index (χ3v) is 8.82.